The Kier molecular flexibility index (Phi) is 8.09. The number of nitrogens with one attached hydrogen (secondary N) is 2. The Morgan fingerprint density at radius 1 is 1.10 bits per heavy atom. The molecule has 0 radical (unpaired) electrons. The van der Waals surface area contributed by atoms with Crippen molar-refractivity contribution in [2.24, 2.45) is 22.2 Å². The van der Waals surface area contributed by atoms with Gasteiger partial charge in [-0.25, -0.2) is 4.99 Å². The zero-order valence-corrected chi connectivity index (χ0v) is 20.5. The zero-order chi connectivity index (χ0) is 19.6. The molecule has 1 heterocycles. The van der Waals surface area contributed by atoms with Crippen molar-refractivity contribution in [3.8, 4) is 0 Å². The Morgan fingerprint density at radius 2 is 1.83 bits per heavy atom. The van der Waals surface area contributed by atoms with Gasteiger partial charge < -0.3 is 20.3 Å². The van der Waals surface area contributed by atoms with E-state index < -0.39 is 0 Å². The number of rotatable bonds is 5. The largest absolute Gasteiger partial charge is 0.377 e. The Balaban J connectivity index is 0.00000240. The summed E-state index contributed by atoms with van der Waals surface area (Å²) in [5.41, 5.74) is 0.292. The first-order valence-electron chi connectivity index (χ1n) is 11.5. The molecule has 29 heavy (non-hydrogen) atoms. The lowest BCUT2D eigenvalue weighted by Crippen LogP contribution is -2.69. The third kappa shape index (κ3) is 4.86. The van der Waals surface area contributed by atoms with Gasteiger partial charge >= 0.3 is 0 Å². The summed E-state index contributed by atoms with van der Waals surface area (Å²) >= 11 is 0. The number of hydrogen-bond donors (Lipinski definition) is 2. The maximum atomic E-state index is 12.1. The van der Waals surface area contributed by atoms with E-state index in [4.69, 9.17) is 4.74 Å². The van der Waals surface area contributed by atoms with Crippen LogP contribution in [0.4, 0.5) is 0 Å². The summed E-state index contributed by atoms with van der Waals surface area (Å²) in [5, 5.41) is 7.38. The molecule has 0 bridgehead atoms. The topological polar surface area (TPSA) is 66.0 Å². The van der Waals surface area contributed by atoms with Crippen molar-refractivity contribution < 1.29 is 9.53 Å². The van der Waals surface area contributed by atoms with E-state index in [0.717, 1.165) is 31.4 Å². The smallest absolute Gasteiger partial charge is 0.243 e. The minimum Gasteiger partial charge on any atom is -0.377 e. The summed E-state index contributed by atoms with van der Waals surface area (Å²) in [5.74, 6) is 2.21. The van der Waals surface area contributed by atoms with Crippen LogP contribution in [0.1, 0.15) is 64.2 Å². The van der Waals surface area contributed by atoms with Gasteiger partial charge in [0.05, 0.1) is 6.10 Å². The second kappa shape index (κ2) is 10.2. The van der Waals surface area contributed by atoms with Gasteiger partial charge in [0.15, 0.2) is 5.96 Å². The Morgan fingerprint density at radius 3 is 2.52 bits per heavy atom. The molecule has 166 valence electrons. The summed E-state index contributed by atoms with van der Waals surface area (Å²) in [6.45, 7) is 2.07. The summed E-state index contributed by atoms with van der Waals surface area (Å²) in [4.78, 5) is 18.4. The number of aliphatic imine (C=N–C) groups is 1. The molecule has 2 N–H and O–H groups in total. The highest BCUT2D eigenvalue weighted by Gasteiger charge is 2.65. The number of fused-ring (bicyclic) bond motifs is 2. The average molecular weight is 518 g/mol. The summed E-state index contributed by atoms with van der Waals surface area (Å²) in [6, 6.07) is 0.439. The molecule has 3 unspecified atom stereocenters. The fourth-order valence-corrected chi connectivity index (χ4v) is 6.12. The number of ether oxygens (including phenoxy) is 1. The predicted octanol–water partition coefficient (Wildman–Crippen LogP) is 3.16. The fraction of sp³-hybridized carbons (Fsp3) is 0.909. The van der Waals surface area contributed by atoms with Crippen molar-refractivity contribution in [3.63, 3.8) is 0 Å². The molecule has 4 rings (SSSR count). The van der Waals surface area contributed by atoms with E-state index >= 15 is 0 Å². The van der Waals surface area contributed by atoms with E-state index in [1.807, 2.05) is 0 Å². The van der Waals surface area contributed by atoms with Crippen LogP contribution >= 0.6 is 24.0 Å². The standard InChI is InChI=1S/C22H38N4O2.HI/c1-26(2)18(27)15-24-21(23-14-16-8-4-3-5-9-16)25-19-17-10-13-28-20(17)22(19)11-6-7-12-22;/h16-17,19-20H,3-15H2,1-2H3,(H2,23,24,25);1H. The Hall–Kier alpha value is -0.570. The molecule has 3 atom stereocenters. The van der Waals surface area contributed by atoms with E-state index in [0.29, 0.717) is 23.5 Å². The molecule has 6 nitrogen and oxygen atoms in total. The van der Waals surface area contributed by atoms with Crippen molar-refractivity contribution in [3.05, 3.63) is 0 Å². The van der Waals surface area contributed by atoms with Crippen molar-refractivity contribution in [2.75, 3.05) is 33.8 Å². The number of carbonyl (C=O) groups is 1. The van der Waals surface area contributed by atoms with Crippen LogP contribution < -0.4 is 10.6 Å². The lowest BCUT2D eigenvalue weighted by atomic mass is 9.54. The average Bonchev–Trinajstić information content (AvgIpc) is 3.36. The van der Waals surface area contributed by atoms with Crippen LogP contribution in [-0.2, 0) is 9.53 Å². The lowest BCUT2D eigenvalue weighted by Gasteiger charge is -2.57. The first-order chi connectivity index (χ1) is 13.6. The first kappa shape index (κ1) is 23.1. The highest BCUT2D eigenvalue weighted by molar-refractivity contribution is 14.0. The molecule has 4 fully saturated rings. The second-order valence-electron chi connectivity index (χ2n) is 9.64. The molecule has 3 saturated carbocycles. The Bertz CT molecular complexity index is 585. The molecule has 1 saturated heterocycles. The highest BCUT2D eigenvalue weighted by Crippen LogP contribution is 2.60. The van der Waals surface area contributed by atoms with Crippen molar-refractivity contribution in [1.82, 2.24) is 15.5 Å². The van der Waals surface area contributed by atoms with Gasteiger partial charge in [-0.3, -0.25) is 4.79 Å². The van der Waals surface area contributed by atoms with Gasteiger partial charge in [0.2, 0.25) is 5.91 Å². The van der Waals surface area contributed by atoms with Gasteiger partial charge in [-0.1, -0.05) is 32.1 Å². The van der Waals surface area contributed by atoms with E-state index in [1.54, 1.807) is 19.0 Å². The molecule has 0 aromatic heterocycles. The van der Waals surface area contributed by atoms with Crippen molar-refractivity contribution in [1.29, 1.82) is 0 Å². The fourth-order valence-electron chi connectivity index (χ4n) is 6.12. The molecule has 1 aliphatic heterocycles. The molecular weight excluding hydrogens is 479 g/mol. The minimum absolute atomic E-state index is 0. The summed E-state index contributed by atoms with van der Waals surface area (Å²) in [7, 11) is 3.58. The SMILES string of the molecule is CN(C)C(=O)CN=C(NCC1CCCCC1)NC1C2CCOC2C12CCCC2.I. The van der Waals surface area contributed by atoms with Gasteiger partial charge in [-0.15, -0.1) is 24.0 Å². The van der Waals surface area contributed by atoms with Crippen LogP contribution in [-0.4, -0.2) is 62.7 Å². The summed E-state index contributed by atoms with van der Waals surface area (Å²) < 4.78 is 6.13. The first-order valence-corrected chi connectivity index (χ1v) is 11.5. The van der Waals surface area contributed by atoms with Crippen molar-refractivity contribution in [2.45, 2.75) is 76.4 Å². The number of likely N-dealkylation sites (N-methyl/N-ethyl adjacent to an activating group) is 1. The summed E-state index contributed by atoms with van der Waals surface area (Å²) in [6.07, 6.45) is 13.4. The maximum Gasteiger partial charge on any atom is 0.243 e. The molecule has 0 aromatic rings. The lowest BCUT2D eigenvalue weighted by molar-refractivity contribution is -0.127. The van der Waals surface area contributed by atoms with Crippen LogP contribution in [0.25, 0.3) is 0 Å². The monoisotopic (exact) mass is 518 g/mol. The van der Waals surface area contributed by atoms with E-state index in [-0.39, 0.29) is 36.4 Å². The number of amides is 1. The molecule has 1 spiro atoms. The molecule has 0 aromatic carbocycles. The maximum absolute atomic E-state index is 12.1. The number of hydrogen-bond acceptors (Lipinski definition) is 3. The van der Waals surface area contributed by atoms with Gasteiger partial charge in [0.25, 0.3) is 0 Å². The van der Waals surface area contributed by atoms with Gasteiger partial charge in [0, 0.05) is 44.6 Å². The zero-order valence-electron chi connectivity index (χ0n) is 18.1. The van der Waals surface area contributed by atoms with E-state index in [9.17, 15) is 4.79 Å². The highest BCUT2D eigenvalue weighted by atomic mass is 127. The van der Waals surface area contributed by atoms with Gasteiger partial charge in [-0.05, 0) is 38.0 Å². The minimum atomic E-state index is 0. The predicted molar refractivity (Wildman–Crippen MR) is 127 cm³/mol. The van der Waals surface area contributed by atoms with Crippen LogP contribution in [0.5, 0.6) is 0 Å². The van der Waals surface area contributed by atoms with E-state index in [2.05, 4.69) is 15.6 Å². The Labute approximate surface area is 193 Å². The van der Waals surface area contributed by atoms with Crippen LogP contribution in [0.15, 0.2) is 4.99 Å². The van der Waals surface area contributed by atoms with Crippen LogP contribution in [0, 0.1) is 17.3 Å². The van der Waals surface area contributed by atoms with Crippen LogP contribution in [0.3, 0.4) is 0 Å². The van der Waals surface area contributed by atoms with Crippen LogP contribution in [0.2, 0.25) is 0 Å². The second-order valence-corrected chi connectivity index (χ2v) is 9.64. The molecule has 7 heteroatoms. The molecule has 4 aliphatic rings. The van der Waals surface area contributed by atoms with Crippen molar-refractivity contribution >= 4 is 35.8 Å². The third-order valence-electron chi connectivity index (χ3n) is 7.73. The molecular formula is C22H39IN4O2. The van der Waals surface area contributed by atoms with Gasteiger partial charge in [-0.2, -0.15) is 0 Å². The molecule has 1 amide bonds. The number of halogens is 1. The number of carbonyl (C=O) groups excluding carboxylic acids is 1. The third-order valence-corrected chi connectivity index (χ3v) is 7.73. The molecule has 3 aliphatic carbocycles. The van der Waals surface area contributed by atoms with E-state index in [1.165, 1.54) is 57.8 Å². The van der Waals surface area contributed by atoms with Gasteiger partial charge in [0.1, 0.15) is 6.54 Å². The number of nitrogens with zero attached hydrogens (tertiary/aromatic N) is 2. The quantitative estimate of drug-likeness (QED) is 0.334. The number of guanidine groups is 1. The normalized spacial score (nSPS) is 31.0.